The molecule has 0 aliphatic rings. The summed E-state index contributed by atoms with van der Waals surface area (Å²) >= 11 is 5.79. The van der Waals surface area contributed by atoms with Crippen molar-refractivity contribution in [3.05, 3.63) is 59.1 Å². The Bertz CT molecular complexity index is 665. The van der Waals surface area contributed by atoms with E-state index in [4.69, 9.17) is 21.6 Å². The third-order valence-electron chi connectivity index (χ3n) is 2.82. The summed E-state index contributed by atoms with van der Waals surface area (Å²) in [6.07, 6.45) is 0.648. The second kappa shape index (κ2) is 7.82. The zero-order valence-corrected chi connectivity index (χ0v) is 12.9. The zero-order chi connectivity index (χ0) is 15.1. The molecule has 0 radical (unpaired) electrons. The van der Waals surface area contributed by atoms with Crippen LogP contribution < -0.4 is 4.74 Å². The molecule has 0 bridgehead atoms. The molecule has 0 spiro atoms. The van der Waals surface area contributed by atoms with E-state index in [1.54, 1.807) is 42.5 Å². The van der Waals surface area contributed by atoms with Crippen LogP contribution in [0.4, 0.5) is 0 Å². The maximum absolute atomic E-state index is 12.1. The molecule has 0 saturated heterocycles. The Balaban J connectivity index is 1.81. The van der Waals surface area contributed by atoms with Gasteiger partial charge in [-0.15, -0.1) is 0 Å². The molecular formula is C16H14ClNO2S. The van der Waals surface area contributed by atoms with E-state index in [9.17, 15) is 4.21 Å². The van der Waals surface area contributed by atoms with E-state index in [-0.39, 0.29) is 0 Å². The minimum Gasteiger partial charge on any atom is -0.492 e. The van der Waals surface area contributed by atoms with Crippen LogP contribution in [0.2, 0.25) is 5.02 Å². The highest BCUT2D eigenvalue weighted by molar-refractivity contribution is 7.85. The maximum Gasteiger partial charge on any atom is 0.137 e. The minimum atomic E-state index is -1.06. The second-order valence-corrected chi connectivity index (χ2v) is 6.32. The van der Waals surface area contributed by atoms with Crippen molar-refractivity contribution in [2.45, 2.75) is 11.3 Å². The predicted octanol–water partition coefficient (Wildman–Crippen LogP) is 3.79. The highest BCUT2D eigenvalue weighted by atomic mass is 35.5. The molecule has 5 heteroatoms. The first-order valence-corrected chi connectivity index (χ1v) is 8.16. The van der Waals surface area contributed by atoms with Gasteiger partial charge in [0.1, 0.15) is 11.8 Å². The van der Waals surface area contributed by atoms with Gasteiger partial charge in [-0.3, -0.25) is 4.21 Å². The van der Waals surface area contributed by atoms with Crippen LogP contribution in [-0.2, 0) is 10.8 Å². The van der Waals surface area contributed by atoms with Gasteiger partial charge in [-0.1, -0.05) is 23.7 Å². The van der Waals surface area contributed by atoms with Gasteiger partial charge >= 0.3 is 0 Å². The minimum absolute atomic E-state index is 0.429. The Labute approximate surface area is 131 Å². The Kier molecular flexibility index (Phi) is 5.79. The van der Waals surface area contributed by atoms with Gasteiger partial charge < -0.3 is 4.74 Å². The fourth-order valence-electron chi connectivity index (χ4n) is 1.76. The molecule has 0 aliphatic carbocycles. The lowest BCUT2D eigenvalue weighted by Crippen LogP contribution is -2.05. The lowest BCUT2D eigenvalue weighted by molar-refractivity contribution is 0.317. The number of ether oxygens (including phenoxy) is 1. The zero-order valence-electron chi connectivity index (χ0n) is 11.3. The van der Waals surface area contributed by atoms with E-state index in [2.05, 4.69) is 6.07 Å². The van der Waals surface area contributed by atoms with Gasteiger partial charge in [0.2, 0.25) is 0 Å². The molecule has 0 fully saturated rings. The molecule has 0 heterocycles. The summed E-state index contributed by atoms with van der Waals surface area (Å²) in [7, 11) is -1.06. The van der Waals surface area contributed by atoms with Crippen molar-refractivity contribution in [3.8, 4) is 11.8 Å². The monoisotopic (exact) mass is 319 g/mol. The Hall–Kier alpha value is -1.83. The number of hydrogen-bond acceptors (Lipinski definition) is 3. The molecule has 2 rings (SSSR count). The number of para-hydroxylation sites is 1. The van der Waals surface area contributed by atoms with Crippen LogP contribution in [0.25, 0.3) is 0 Å². The van der Waals surface area contributed by atoms with Crippen molar-refractivity contribution >= 4 is 22.4 Å². The lowest BCUT2D eigenvalue weighted by Gasteiger charge is -2.07. The average Bonchev–Trinajstić information content (AvgIpc) is 2.52. The van der Waals surface area contributed by atoms with E-state index in [1.165, 1.54) is 0 Å². The van der Waals surface area contributed by atoms with E-state index in [0.29, 0.717) is 35.1 Å². The van der Waals surface area contributed by atoms with Crippen molar-refractivity contribution in [2.75, 3.05) is 12.4 Å². The van der Waals surface area contributed by atoms with Crippen molar-refractivity contribution in [2.24, 2.45) is 0 Å². The van der Waals surface area contributed by atoms with Gasteiger partial charge in [-0.25, -0.2) is 0 Å². The molecule has 3 nitrogen and oxygen atoms in total. The van der Waals surface area contributed by atoms with Crippen molar-refractivity contribution < 1.29 is 8.95 Å². The number of benzene rings is 2. The highest BCUT2D eigenvalue weighted by Crippen LogP contribution is 2.17. The molecule has 21 heavy (non-hydrogen) atoms. The van der Waals surface area contributed by atoms with Crippen LogP contribution in [0.15, 0.2) is 53.4 Å². The molecule has 1 unspecified atom stereocenters. The van der Waals surface area contributed by atoms with Crippen molar-refractivity contribution in [1.82, 2.24) is 0 Å². The summed E-state index contributed by atoms with van der Waals surface area (Å²) in [4.78, 5) is 0.761. The summed E-state index contributed by atoms with van der Waals surface area (Å²) in [5.74, 6) is 1.08. The average molecular weight is 320 g/mol. The third kappa shape index (κ3) is 4.59. The Morgan fingerprint density at radius 2 is 1.86 bits per heavy atom. The van der Waals surface area contributed by atoms with Gasteiger partial charge in [0.25, 0.3) is 0 Å². The van der Waals surface area contributed by atoms with Crippen LogP contribution in [-0.4, -0.2) is 16.6 Å². The third-order valence-corrected chi connectivity index (χ3v) is 4.53. The summed E-state index contributed by atoms with van der Waals surface area (Å²) in [5.41, 5.74) is 0.510. The molecule has 0 amide bonds. The number of nitrogens with zero attached hydrogens (tertiary/aromatic N) is 1. The molecule has 2 aromatic carbocycles. The number of nitriles is 1. The Morgan fingerprint density at radius 3 is 2.57 bits per heavy atom. The van der Waals surface area contributed by atoms with E-state index < -0.39 is 10.8 Å². The van der Waals surface area contributed by atoms with Crippen LogP contribution in [0, 0.1) is 11.3 Å². The SMILES string of the molecule is N#Cc1ccccc1OCCCS(=O)c1ccc(Cl)cc1. The Morgan fingerprint density at radius 1 is 1.14 bits per heavy atom. The summed E-state index contributed by atoms with van der Waals surface area (Å²) in [5, 5.41) is 9.58. The van der Waals surface area contributed by atoms with Crippen LogP contribution in [0.1, 0.15) is 12.0 Å². The smallest absolute Gasteiger partial charge is 0.137 e. The van der Waals surface area contributed by atoms with Gasteiger partial charge in [0.15, 0.2) is 0 Å². The standard InChI is InChI=1S/C16H14ClNO2S/c17-14-6-8-15(9-7-14)21(19)11-3-10-20-16-5-2-1-4-13(16)12-18/h1-2,4-9H,3,10-11H2. The normalized spacial score (nSPS) is 11.6. The number of halogens is 1. The molecule has 2 aromatic rings. The second-order valence-electron chi connectivity index (χ2n) is 4.31. The van der Waals surface area contributed by atoms with E-state index in [1.807, 2.05) is 6.07 Å². The van der Waals surface area contributed by atoms with Gasteiger partial charge in [-0.2, -0.15) is 5.26 Å². The van der Waals surface area contributed by atoms with Crippen LogP contribution in [0.3, 0.4) is 0 Å². The topological polar surface area (TPSA) is 50.1 Å². The molecule has 0 aliphatic heterocycles. The molecule has 108 valence electrons. The van der Waals surface area contributed by atoms with Crippen molar-refractivity contribution in [3.63, 3.8) is 0 Å². The summed E-state index contributed by atoms with van der Waals surface area (Å²) in [6, 6.07) is 16.2. The van der Waals surface area contributed by atoms with E-state index >= 15 is 0 Å². The number of hydrogen-bond donors (Lipinski definition) is 0. The predicted molar refractivity (Wildman–Crippen MR) is 84.0 cm³/mol. The highest BCUT2D eigenvalue weighted by Gasteiger charge is 2.05. The fraction of sp³-hybridized carbons (Fsp3) is 0.188. The molecule has 0 N–H and O–H groups in total. The first-order valence-electron chi connectivity index (χ1n) is 6.46. The number of rotatable bonds is 6. The molecule has 0 saturated carbocycles. The quantitative estimate of drug-likeness (QED) is 0.761. The summed E-state index contributed by atoms with van der Waals surface area (Å²) in [6.45, 7) is 0.429. The van der Waals surface area contributed by atoms with Crippen molar-refractivity contribution in [1.29, 1.82) is 5.26 Å². The lowest BCUT2D eigenvalue weighted by atomic mass is 10.2. The van der Waals surface area contributed by atoms with E-state index in [0.717, 1.165) is 4.90 Å². The molecule has 1 atom stereocenters. The van der Waals surface area contributed by atoms with Crippen LogP contribution in [0.5, 0.6) is 5.75 Å². The molecular weight excluding hydrogens is 306 g/mol. The van der Waals surface area contributed by atoms with Gasteiger partial charge in [0.05, 0.1) is 23.0 Å². The maximum atomic E-state index is 12.1. The fourth-order valence-corrected chi connectivity index (χ4v) is 2.94. The molecule has 0 aromatic heterocycles. The largest absolute Gasteiger partial charge is 0.492 e. The first kappa shape index (κ1) is 15.6. The summed E-state index contributed by atoms with van der Waals surface area (Å²) < 4.78 is 17.6. The van der Waals surface area contributed by atoms with Gasteiger partial charge in [-0.05, 0) is 42.8 Å². The van der Waals surface area contributed by atoms with Crippen LogP contribution >= 0.6 is 11.6 Å². The first-order chi connectivity index (χ1) is 10.2. The van der Waals surface area contributed by atoms with Gasteiger partial charge in [0, 0.05) is 15.7 Å².